The van der Waals surface area contributed by atoms with Crippen molar-refractivity contribution in [2.45, 2.75) is 26.2 Å². The average molecular weight is 283 g/mol. The van der Waals surface area contributed by atoms with Gasteiger partial charge < -0.3 is 10.6 Å². The molecule has 19 heavy (non-hydrogen) atoms. The SMILES string of the molecule is Cc1ccccc1CCC(=O)NCC1CCNC1.Cl. The molecule has 0 bridgehead atoms. The van der Waals surface area contributed by atoms with E-state index < -0.39 is 0 Å². The van der Waals surface area contributed by atoms with E-state index in [4.69, 9.17) is 0 Å². The van der Waals surface area contributed by atoms with E-state index in [1.54, 1.807) is 0 Å². The molecule has 2 rings (SSSR count). The third kappa shape index (κ3) is 5.21. The fraction of sp³-hybridized carbons (Fsp3) is 0.533. The van der Waals surface area contributed by atoms with Crippen LogP contribution in [0.1, 0.15) is 24.0 Å². The summed E-state index contributed by atoms with van der Waals surface area (Å²) in [7, 11) is 0. The summed E-state index contributed by atoms with van der Waals surface area (Å²) in [5.41, 5.74) is 2.54. The number of benzene rings is 1. The molecule has 1 aliphatic rings. The molecule has 3 nitrogen and oxygen atoms in total. The number of rotatable bonds is 5. The topological polar surface area (TPSA) is 41.1 Å². The molecule has 0 saturated carbocycles. The first-order valence-electron chi connectivity index (χ1n) is 6.77. The standard InChI is InChI=1S/C15H22N2O.ClH/c1-12-4-2-3-5-14(12)6-7-15(18)17-11-13-8-9-16-10-13;/h2-5,13,16H,6-11H2,1H3,(H,17,18);1H. The van der Waals surface area contributed by atoms with Crippen molar-refractivity contribution in [3.63, 3.8) is 0 Å². The van der Waals surface area contributed by atoms with Crippen molar-refractivity contribution in [2.24, 2.45) is 5.92 Å². The van der Waals surface area contributed by atoms with Gasteiger partial charge in [-0.2, -0.15) is 0 Å². The van der Waals surface area contributed by atoms with Gasteiger partial charge in [0, 0.05) is 13.0 Å². The molecule has 1 heterocycles. The fourth-order valence-electron chi connectivity index (χ4n) is 2.37. The molecule has 0 aliphatic carbocycles. The summed E-state index contributed by atoms with van der Waals surface area (Å²) in [5.74, 6) is 0.789. The van der Waals surface area contributed by atoms with E-state index in [2.05, 4.69) is 29.7 Å². The van der Waals surface area contributed by atoms with Gasteiger partial charge in [0.1, 0.15) is 0 Å². The zero-order valence-electron chi connectivity index (χ0n) is 11.4. The first-order chi connectivity index (χ1) is 8.75. The molecular weight excluding hydrogens is 260 g/mol. The second kappa shape index (κ2) is 8.18. The van der Waals surface area contributed by atoms with Crippen molar-refractivity contribution in [1.29, 1.82) is 0 Å². The fourth-order valence-corrected chi connectivity index (χ4v) is 2.37. The van der Waals surface area contributed by atoms with Crippen LogP contribution >= 0.6 is 12.4 Å². The number of nitrogens with one attached hydrogen (secondary N) is 2. The Labute approximate surface area is 121 Å². The highest BCUT2D eigenvalue weighted by Crippen LogP contribution is 2.10. The number of aryl methyl sites for hydroxylation is 2. The van der Waals surface area contributed by atoms with Crippen LogP contribution in [-0.4, -0.2) is 25.5 Å². The molecule has 1 amide bonds. The Morgan fingerprint density at radius 1 is 1.42 bits per heavy atom. The first kappa shape index (κ1) is 16.0. The van der Waals surface area contributed by atoms with Crippen LogP contribution in [0, 0.1) is 12.8 Å². The third-order valence-corrected chi connectivity index (χ3v) is 3.63. The maximum Gasteiger partial charge on any atom is 0.220 e. The Morgan fingerprint density at radius 2 is 2.21 bits per heavy atom. The van der Waals surface area contributed by atoms with Crippen LogP contribution < -0.4 is 10.6 Å². The van der Waals surface area contributed by atoms with Crippen molar-refractivity contribution in [3.05, 3.63) is 35.4 Å². The summed E-state index contributed by atoms with van der Waals surface area (Å²) < 4.78 is 0. The van der Waals surface area contributed by atoms with Gasteiger partial charge in [0.05, 0.1) is 0 Å². The zero-order chi connectivity index (χ0) is 12.8. The predicted molar refractivity (Wildman–Crippen MR) is 80.7 cm³/mol. The molecule has 1 atom stereocenters. The number of carbonyl (C=O) groups excluding carboxylic acids is 1. The number of hydrogen-bond acceptors (Lipinski definition) is 2. The van der Waals surface area contributed by atoms with Gasteiger partial charge in [0.2, 0.25) is 5.91 Å². The molecule has 2 N–H and O–H groups in total. The van der Waals surface area contributed by atoms with E-state index in [1.165, 1.54) is 17.5 Å². The summed E-state index contributed by atoms with van der Waals surface area (Å²) in [5, 5.41) is 6.35. The summed E-state index contributed by atoms with van der Waals surface area (Å²) in [4.78, 5) is 11.8. The van der Waals surface area contributed by atoms with Crippen LogP contribution in [-0.2, 0) is 11.2 Å². The predicted octanol–water partition coefficient (Wildman–Crippen LogP) is 2.08. The molecule has 1 aromatic carbocycles. The molecular formula is C15H23ClN2O. The Bertz CT molecular complexity index is 403. The van der Waals surface area contributed by atoms with E-state index >= 15 is 0 Å². The maximum absolute atomic E-state index is 11.8. The van der Waals surface area contributed by atoms with E-state index in [-0.39, 0.29) is 18.3 Å². The van der Waals surface area contributed by atoms with Gasteiger partial charge in [0.25, 0.3) is 0 Å². The van der Waals surface area contributed by atoms with Gasteiger partial charge in [-0.05, 0) is 49.9 Å². The first-order valence-corrected chi connectivity index (χ1v) is 6.77. The van der Waals surface area contributed by atoms with Crippen LogP contribution in [0.15, 0.2) is 24.3 Å². The normalized spacial score (nSPS) is 17.8. The quantitative estimate of drug-likeness (QED) is 0.868. The van der Waals surface area contributed by atoms with Gasteiger partial charge in [-0.25, -0.2) is 0 Å². The largest absolute Gasteiger partial charge is 0.356 e. The van der Waals surface area contributed by atoms with Gasteiger partial charge >= 0.3 is 0 Å². The van der Waals surface area contributed by atoms with E-state index in [0.717, 1.165) is 26.1 Å². The number of carbonyl (C=O) groups is 1. The Morgan fingerprint density at radius 3 is 2.89 bits per heavy atom. The number of hydrogen-bond donors (Lipinski definition) is 2. The zero-order valence-corrected chi connectivity index (χ0v) is 12.3. The number of halogens is 1. The summed E-state index contributed by atoms with van der Waals surface area (Å²) in [6.45, 7) is 5.04. The van der Waals surface area contributed by atoms with E-state index in [9.17, 15) is 4.79 Å². The lowest BCUT2D eigenvalue weighted by molar-refractivity contribution is -0.121. The van der Waals surface area contributed by atoms with Gasteiger partial charge in [-0.3, -0.25) is 4.79 Å². The van der Waals surface area contributed by atoms with Crippen LogP contribution in [0.3, 0.4) is 0 Å². The molecule has 0 radical (unpaired) electrons. The second-order valence-electron chi connectivity index (χ2n) is 5.09. The number of amides is 1. The maximum atomic E-state index is 11.8. The minimum absolute atomic E-state index is 0. The second-order valence-corrected chi connectivity index (χ2v) is 5.09. The van der Waals surface area contributed by atoms with Gasteiger partial charge in [-0.15, -0.1) is 12.4 Å². The van der Waals surface area contributed by atoms with Crippen molar-refractivity contribution in [1.82, 2.24) is 10.6 Å². The lowest BCUT2D eigenvalue weighted by Gasteiger charge is -2.10. The van der Waals surface area contributed by atoms with Crippen molar-refractivity contribution in [3.8, 4) is 0 Å². The summed E-state index contributed by atoms with van der Waals surface area (Å²) in [6, 6.07) is 8.26. The molecule has 106 valence electrons. The molecule has 0 aromatic heterocycles. The highest BCUT2D eigenvalue weighted by Gasteiger charge is 2.14. The third-order valence-electron chi connectivity index (χ3n) is 3.63. The van der Waals surface area contributed by atoms with Crippen LogP contribution in [0.4, 0.5) is 0 Å². The van der Waals surface area contributed by atoms with Crippen LogP contribution in [0.25, 0.3) is 0 Å². The molecule has 1 fully saturated rings. The molecule has 1 aromatic rings. The van der Waals surface area contributed by atoms with Crippen molar-refractivity contribution < 1.29 is 4.79 Å². The van der Waals surface area contributed by atoms with Gasteiger partial charge in [0.15, 0.2) is 0 Å². The minimum atomic E-state index is 0. The Hall–Kier alpha value is -1.06. The summed E-state index contributed by atoms with van der Waals surface area (Å²) in [6.07, 6.45) is 2.60. The lowest BCUT2D eigenvalue weighted by Crippen LogP contribution is -2.30. The summed E-state index contributed by atoms with van der Waals surface area (Å²) >= 11 is 0. The highest BCUT2D eigenvalue weighted by molar-refractivity contribution is 5.85. The molecule has 0 spiro atoms. The monoisotopic (exact) mass is 282 g/mol. The Kier molecular flexibility index (Phi) is 6.89. The average Bonchev–Trinajstić information content (AvgIpc) is 2.88. The smallest absolute Gasteiger partial charge is 0.220 e. The highest BCUT2D eigenvalue weighted by atomic mass is 35.5. The molecule has 1 aliphatic heterocycles. The van der Waals surface area contributed by atoms with Crippen molar-refractivity contribution in [2.75, 3.05) is 19.6 Å². The molecule has 1 saturated heterocycles. The van der Waals surface area contributed by atoms with E-state index in [0.29, 0.717) is 12.3 Å². The van der Waals surface area contributed by atoms with E-state index in [1.807, 2.05) is 12.1 Å². The van der Waals surface area contributed by atoms with Gasteiger partial charge in [-0.1, -0.05) is 24.3 Å². The van der Waals surface area contributed by atoms with Crippen LogP contribution in [0.5, 0.6) is 0 Å². The van der Waals surface area contributed by atoms with Crippen molar-refractivity contribution >= 4 is 18.3 Å². The molecule has 1 unspecified atom stereocenters. The molecule has 4 heteroatoms. The van der Waals surface area contributed by atoms with Crippen LogP contribution in [0.2, 0.25) is 0 Å². The minimum Gasteiger partial charge on any atom is -0.356 e. The lowest BCUT2D eigenvalue weighted by atomic mass is 10.0. The Balaban J connectivity index is 0.00000180.